The second-order valence-corrected chi connectivity index (χ2v) is 7.80. The number of hydrogen-bond acceptors (Lipinski definition) is 6. The number of amides is 2. The number of likely N-dealkylation sites (tertiary alicyclic amines) is 1. The fraction of sp³-hybridized carbons (Fsp3) is 0.333. The minimum absolute atomic E-state index is 0.00442. The summed E-state index contributed by atoms with van der Waals surface area (Å²) in [7, 11) is 0. The SMILES string of the molecule is O=C(Nc1ccccc1)N1CC2(COC2Cc2ccc(-c3nnc(C(F)F)o3)cn2)C1. The highest BCUT2D eigenvalue weighted by Gasteiger charge is 2.57. The van der Waals surface area contributed by atoms with Crippen molar-refractivity contribution in [3.63, 3.8) is 0 Å². The van der Waals surface area contributed by atoms with E-state index in [0.717, 1.165) is 11.4 Å². The molecule has 2 aliphatic heterocycles. The lowest BCUT2D eigenvalue weighted by atomic mass is 9.70. The number of aromatic nitrogens is 3. The van der Waals surface area contributed by atoms with Crippen LogP contribution in [0.1, 0.15) is 18.0 Å². The molecule has 3 aromatic rings. The minimum atomic E-state index is -2.81. The van der Waals surface area contributed by atoms with Gasteiger partial charge in [0.15, 0.2) is 0 Å². The molecule has 8 nitrogen and oxygen atoms in total. The van der Waals surface area contributed by atoms with Crippen LogP contribution < -0.4 is 5.32 Å². The van der Waals surface area contributed by atoms with Crippen LogP contribution >= 0.6 is 0 Å². The zero-order valence-electron chi connectivity index (χ0n) is 16.4. The number of anilines is 1. The van der Waals surface area contributed by atoms with Gasteiger partial charge in [-0.2, -0.15) is 8.78 Å². The number of benzene rings is 1. The monoisotopic (exact) mass is 427 g/mol. The van der Waals surface area contributed by atoms with Crippen LogP contribution in [0.3, 0.4) is 0 Å². The number of rotatable bonds is 5. The molecule has 2 amide bonds. The average molecular weight is 427 g/mol. The summed E-state index contributed by atoms with van der Waals surface area (Å²) in [4.78, 5) is 18.5. The molecule has 0 bridgehead atoms. The molecule has 2 aromatic heterocycles. The van der Waals surface area contributed by atoms with Crippen molar-refractivity contribution in [2.75, 3.05) is 25.0 Å². The van der Waals surface area contributed by atoms with Gasteiger partial charge in [0.2, 0.25) is 5.89 Å². The van der Waals surface area contributed by atoms with Gasteiger partial charge in [-0.3, -0.25) is 4.98 Å². The van der Waals surface area contributed by atoms with Gasteiger partial charge >= 0.3 is 12.5 Å². The van der Waals surface area contributed by atoms with Crippen molar-refractivity contribution in [3.05, 3.63) is 60.2 Å². The summed E-state index contributed by atoms with van der Waals surface area (Å²) in [6, 6.07) is 12.7. The van der Waals surface area contributed by atoms with Crippen molar-refractivity contribution in [3.8, 4) is 11.5 Å². The molecule has 2 saturated heterocycles. The first kappa shape index (κ1) is 19.6. The Morgan fingerprint density at radius 3 is 2.61 bits per heavy atom. The second-order valence-electron chi connectivity index (χ2n) is 7.80. The van der Waals surface area contributed by atoms with Crippen molar-refractivity contribution in [1.29, 1.82) is 0 Å². The molecule has 1 spiro atoms. The minimum Gasteiger partial charge on any atom is -0.415 e. The average Bonchev–Trinajstić information content (AvgIpc) is 3.22. The smallest absolute Gasteiger partial charge is 0.321 e. The van der Waals surface area contributed by atoms with E-state index in [1.165, 1.54) is 6.20 Å². The maximum Gasteiger partial charge on any atom is 0.321 e. The molecular formula is C21H19F2N5O3. The number of halogens is 2. The first-order valence-electron chi connectivity index (χ1n) is 9.82. The summed E-state index contributed by atoms with van der Waals surface area (Å²) in [6.07, 6.45) is -0.720. The van der Waals surface area contributed by atoms with Crippen molar-refractivity contribution in [2.24, 2.45) is 5.41 Å². The standard InChI is InChI=1S/C21H19F2N5O3/c22-17(23)19-27-26-18(31-19)13-6-7-15(24-9-13)8-16-21(12-30-16)10-28(11-21)20(29)25-14-4-2-1-3-5-14/h1-7,9,16-17H,8,10-12H2,(H,25,29). The highest BCUT2D eigenvalue weighted by atomic mass is 19.3. The lowest BCUT2D eigenvalue weighted by Gasteiger charge is -2.59. The van der Waals surface area contributed by atoms with Crippen LogP contribution in [0.25, 0.3) is 11.5 Å². The molecule has 0 radical (unpaired) electrons. The zero-order valence-corrected chi connectivity index (χ0v) is 16.4. The Kier molecular flexibility index (Phi) is 4.85. The maximum atomic E-state index is 12.6. The van der Waals surface area contributed by atoms with Gasteiger partial charge in [0.05, 0.1) is 23.7 Å². The molecule has 1 unspecified atom stereocenters. The first-order valence-corrected chi connectivity index (χ1v) is 9.82. The molecule has 4 heterocycles. The summed E-state index contributed by atoms with van der Waals surface area (Å²) >= 11 is 0. The fourth-order valence-corrected chi connectivity index (χ4v) is 3.89. The number of para-hydroxylation sites is 1. The van der Waals surface area contributed by atoms with Crippen LogP contribution in [0.2, 0.25) is 0 Å². The third-order valence-corrected chi connectivity index (χ3v) is 5.67. The quantitative estimate of drug-likeness (QED) is 0.670. The molecule has 2 aliphatic rings. The van der Waals surface area contributed by atoms with E-state index in [1.54, 1.807) is 17.0 Å². The van der Waals surface area contributed by atoms with Crippen molar-refractivity contribution < 1.29 is 22.7 Å². The lowest BCUT2D eigenvalue weighted by molar-refractivity contribution is -0.234. The summed E-state index contributed by atoms with van der Waals surface area (Å²) in [6.45, 7) is 1.88. The van der Waals surface area contributed by atoms with Gasteiger partial charge in [0.1, 0.15) is 0 Å². The van der Waals surface area contributed by atoms with E-state index in [9.17, 15) is 13.6 Å². The molecule has 10 heteroatoms. The Balaban J connectivity index is 1.16. The van der Waals surface area contributed by atoms with Gasteiger partial charge in [-0.25, -0.2) is 4.79 Å². The van der Waals surface area contributed by atoms with E-state index in [1.807, 2.05) is 30.3 Å². The van der Waals surface area contributed by atoms with Crippen molar-refractivity contribution in [2.45, 2.75) is 19.0 Å². The predicted octanol–water partition coefficient (Wildman–Crippen LogP) is 3.54. The molecule has 1 N–H and O–H groups in total. The number of urea groups is 1. The van der Waals surface area contributed by atoms with Crippen LogP contribution in [-0.4, -0.2) is 51.9 Å². The highest BCUT2D eigenvalue weighted by molar-refractivity contribution is 5.90. The van der Waals surface area contributed by atoms with Crippen LogP contribution in [0.5, 0.6) is 0 Å². The summed E-state index contributed by atoms with van der Waals surface area (Å²) in [5.74, 6) is -0.709. The fourth-order valence-electron chi connectivity index (χ4n) is 3.89. The Bertz CT molecular complexity index is 1070. The van der Waals surface area contributed by atoms with Crippen molar-refractivity contribution >= 4 is 11.7 Å². The Hall–Kier alpha value is -3.40. The Labute approximate surface area is 176 Å². The van der Waals surface area contributed by atoms with Gasteiger partial charge in [0, 0.05) is 37.1 Å². The van der Waals surface area contributed by atoms with Crippen LogP contribution in [0.4, 0.5) is 19.3 Å². The number of carbonyl (C=O) groups is 1. The molecule has 0 aliphatic carbocycles. The van der Waals surface area contributed by atoms with Gasteiger partial charge in [-0.15, -0.1) is 10.2 Å². The summed E-state index contributed by atoms with van der Waals surface area (Å²) < 4.78 is 35.9. The molecule has 1 aromatic carbocycles. The molecule has 160 valence electrons. The predicted molar refractivity (Wildman–Crippen MR) is 105 cm³/mol. The first-order chi connectivity index (χ1) is 15.0. The van der Waals surface area contributed by atoms with Gasteiger partial charge in [0.25, 0.3) is 5.89 Å². The van der Waals surface area contributed by atoms with Crippen LogP contribution in [0.15, 0.2) is 53.1 Å². The van der Waals surface area contributed by atoms with Gasteiger partial charge in [-0.05, 0) is 24.3 Å². The number of carbonyl (C=O) groups excluding carboxylic acids is 1. The van der Waals surface area contributed by atoms with E-state index in [2.05, 4.69) is 20.5 Å². The maximum absolute atomic E-state index is 12.6. The number of nitrogens with one attached hydrogen (secondary N) is 1. The topological polar surface area (TPSA) is 93.4 Å². The normalized spacial score (nSPS) is 19.2. The van der Waals surface area contributed by atoms with Gasteiger partial charge in [-0.1, -0.05) is 18.2 Å². The number of pyridine rings is 1. The van der Waals surface area contributed by atoms with E-state index >= 15 is 0 Å². The number of nitrogens with zero attached hydrogens (tertiary/aromatic N) is 4. The lowest BCUT2D eigenvalue weighted by Crippen LogP contribution is -2.72. The van der Waals surface area contributed by atoms with E-state index in [-0.39, 0.29) is 23.4 Å². The van der Waals surface area contributed by atoms with Crippen LogP contribution in [-0.2, 0) is 11.2 Å². The molecule has 0 saturated carbocycles. The summed E-state index contributed by atoms with van der Waals surface area (Å²) in [5, 5.41) is 9.83. The second kappa shape index (κ2) is 7.69. The number of alkyl halides is 2. The number of ether oxygens (including phenoxy) is 1. The third-order valence-electron chi connectivity index (χ3n) is 5.67. The Morgan fingerprint density at radius 2 is 2.00 bits per heavy atom. The molecule has 1 atom stereocenters. The van der Waals surface area contributed by atoms with Gasteiger partial charge < -0.3 is 19.4 Å². The molecule has 5 rings (SSSR count). The third kappa shape index (κ3) is 3.74. The van der Waals surface area contributed by atoms with E-state index in [0.29, 0.717) is 31.7 Å². The Morgan fingerprint density at radius 1 is 1.19 bits per heavy atom. The van der Waals surface area contributed by atoms with E-state index < -0.39 is 12.3 Å². The highest BCUT2D eigenvalue weighted by Crippen LogP contribution is 2.44. The molecule has 2 fully saturated rings. The zero-order chi connectivity index (χ0) is 21.4. The van der Waals surface area contributed by atoms with Crippen LogP contribution in [0, 0.1) is 5.41 Å². The van der Waals surface area contributed by atoms with E-state index in [4.69, 9.17) is 9.15 Å². The largest absolute Gasteiger partial charge is 0.415 e. The molecule has 31 heavy (non-hydrogen) atoms. The molecular weight excluding hydrogens is 408 g/mol. The summed E-state index contributed by atoms with van der Waals surface area (Å²) in [5.41, 5.74) is 1.99. The van der Waals surface area contributed by atoms with Crippen molar-refractivity contribution in [1.82, 2.24) is 20.1 Å². The number of hydrogen-bond donors (Lipinski definition) is 1.